The molecule has 5 rings (SSSR count). The van der Waals surface area contributed by atoms with Gasteiger partial charge in [-0.15, -0.1) is 0 Å². The van der Waals surface area contributed by atoms with Crippen molar-refractivity contribution in [2.75, 3.05) is 0 Å². The van der Waals surface area contributed by atoms with E-state index in [4.69, 9.17) is 12.8 Å². The van der Waals surface area contributed by atoms with Gasteiger partial charge in [-0.25, -0.2) is 4.98 Å². The van der Waals surface area contributed by atoms with Crippen LogP contribution in [0.1, 0.15) is 0 Å². The standard InChI is InChI=1S/C23H15BN4O2/c24-16-8-11-20-18(12-16)19(13-25-20)23-26-21(14-4-2-1-3-5-14)22(27-23)15-6-9-17(10-7-15)28(29)30/h1-13,25H,(H,26,27). The van der Waals surface area contributed by atoms with E-state index >= 15 is 0 Å². The number of non-ortho nitro benzene ring substituents is 1. The number of nitrogens with zero attached hydrogens (tertiary/aromatic N) is 2. The molecule has 0 amide bonds. The van der Waals surface area contributed by atoms with Crippen molar-refractivity contribution >= 4 is 29.9 Å². The van der Waals surface area contributed by atoms with E-state index < -0.39 is 4.92 Å². The van der Waals surface area contributed by atoms with Gasteiger partial charge in [0.1, 0.15) is 13.7 Å². The lowest BCUT2D eigenvalue weighted by Crippen LogP contribution is -1.99. The van der Waals surface area contributed by atoms with Crippen LogP contribution in [0.15, 0.2) is 79.0 Å². The largest absolute Gasteiger partial charge is 0.360 e. The minimum Gasteiger partial charge on any atom is -0.360 e. The third kappa shape index (κ3) is 3.06. The zero-order valence-electron chi connectivity index (χ0n) is 15.8. The number of hydrogen-bond acceptors (Lipinski definition) is 3. The molecule has 30 heavy (non-hydrogen) atoms. The number of hydrogen-bond donors (Lipinski definition) is 2. The van der Waals surface area contributed by atoms with Gasteiger partial charge in [0, 0.05) is 45.9 Å². The van der Waals surface area contributed by atoms with Gasteiger partial charge < -0.3 is 9.97 Å². The molecular formula is C23H15BN4O2. The van der Waals surface area contributed by atoms with Crippen molar-refractivity contribution in [1.29, 1.82) is 0 Å². The molecule has 0 saturated heterocycles. The van der Waals surface area contributed by atoms with Crippen molar-refractivity contribution in [3.05, 3.63) is 89.1 Å². The molecule has 0 aliphatic heterocycles. The maximum Gasteiger partial charge on any atom is 0.269 e. The molecule has 2 radical (unpaired) electrons. The van der Waals surface area contributed by atoms with Gasteiger partial charge >= 0.3 is 0 Å². The number of nitro benzene ring substituents is 1. The molecule has 7 heteroatoms. The normalized spacial score (nSPS) is 11.1. The maximum atomic E-state index is 11.0. The van der Waals surface area contributed by atoms with Crippen LogP contribution in [0.2, 0.25) is 0 Å². The average molecular weight is 390 g/mol. The van der Waals surface area contributed by atoms with Gasteiger partial charge in [-0.1, -0.05) is 47.9 Å². The Labute approximate surface area is 173 Å². The number of aromatic amines is 2. The van der Waals surface area contributed by atoms with Crippen molar-refractivity contribution in [3.63, 3.8) is 0 Å². The predicted octanol–water partition coefficient (Wildman–Crippen LogP) is 4.59. The number of rotatable bonds is 4. The molecule has 0 atom stereocenters. The molecule has 6 nitrogen and oxygen atoms in total. The number of nitrogens with one attached hydrogen (secondary N) is 2. The molecule has 2 N–H and O–H groups in total. The maximum absolute atomic E-state index is 11.0. The summed E-state index contributed by atoms with van der Waals surface area (Å²) < 4.78 is 0. The highest BCUT2D eigenvalue weighted by Crippen LogP contribution is 2.35. The van der Waals surface area contributed by atoms with Crippen molar-refractivity contribution in [2.24, 2.45) is 0 Å². The number of fused-ring (bicyclic) bond motifs is 1. The highest BCUT2D eigenvalue weighted by molar-refractivity contribution is 6.33. The number of imidazole rings is 1. The predicted molar refractivity (Wildman–Crippen MR) is 119 cm³/mol. The smallest absolute Gasteiger partial charge is 0.269 e. The molecule has 0 aliphatic carbocycles. The Kier molecular flexibility index (Phi) is 4.21. The summed E-state index contributed by atoms with van der Waals surface area (Å²) in [5.74, 6) is 0.694. The molecule has 0 bridgehead atoms. The Morgan fingerprint density at radius 2 is 1.70 bits per heavy atom. The highest BCUT2D eigenvalue weighted by Gasteiger charge is 2.18. The second kappa shape index (κ2) is 7.04. The Hall–Kier alpha value is -4.13. The van der Waals surface area contributed by atoms with Gasteiger partial charge in [0.2, 0.25) is 0 Å². The fraction of sp³-hybridized carbons (Fsp3) is 0. The van der Waals surface area contributed by atoms with Gasteiger partial charge in [-0.05, 0) is 18.2 Å². The second-order valence-electron chi connectivity index (χ2n) is 6.99. The van der Waals surface area contributed by atoms with Crippen LogP contribution in [0.3, 0.4) is 0 Å². The number of nitro groups is 1. The molecule has 0 aliphatic rings. The average Bonchev–Trinajstić information content (AvgIpc) is 3.38. The Balaban J connectivity index is 1.70. The van der Waals surface area contributed by atoms with Crippen LogP contribution in [0, 0.1) is 10.1 Å². The van der Waals surface area contributed by atoms with Crippen LogP contribution in [0.4, 0.5) is 5.69 Å². The van der Waals surface area contributed by atoms with Gasteiger partial charge in [0.05, 0.1) is 16.3 Å². The van der Waals surface area contributed by atoms with E-state index in [9.17, 15) is 10.1 Å². The molecule has 142 valence electrons. The quantitative estimate of drug-likeness (QED) is 0.267. The summed E-state index contributed by atoms with van der Waals surface area (Å²) in [5, 5.41) is 12.0. The SMILES string of the molecule is [B]c1ccc2[nH]cc(-c3nc(-c4ccccc4)c(-c4ccc([N+](=O)[O-])cc4)[nH]3)c2c1. The zero-order valence-corrected chi connectivity index (χ0v) is 15.8. The minimum atomic E-state index is -0.406. The second-order valence-corrected chi connectivity index (χ2v) is 6.99. The summed E-state index contributed by atoms with van der Waals surface area (Å²) in [6, 6.07) is 22.0. The molecular weight excluding hydrogens is 375 g/mol. The third-order valence-electron chi connectivity index (χ3n) is 5.08. The van der Waals surface area contributed by atoms with E-state index in [2.05, 4.69) is 9.97 Å². The first kappa shape index (κ1) is 17.9. The van der Waals surface area contributed by atoms with Crippen molar-refractivity contribution in [1.82, 2.24) is 15.0 Å². The first-order chi connectivity index (χ1) is 14.6. The molecule has 0 saturated carbocycles. The lowest BCUT2D eigenvalue weighted by molar-refractivity contribution is -0.384. The summed E-state index contributed by atoms with van der Waals surface area (Å²) in [7, 11) is 5.99. The summed E-state index contributed by atoms with van der Waals surface area (Å²) >= 11 is 0. The topological polar surface area (TPSA) is 87.6 Å². The van der Waals surface area contributed by atoms with Crippen LogP contribution in [0.25, 0.3) is 44.8 Å². The van der Waals surface area contributed by atoms with E-state index in [1.165, 1.54) is 12.1 Å². The molecule has 0 unspecified atom stereocenters. The van der Waals surface area contributed by atoms with E-state index in [0.717, 1.165) is 39.0 Å². The fourth-order valence-corrected chi connectivity index (χ4v) is 3.60. The molecule has 2 heterocycles. The summed E-state index contributed by atoms with van der Waals surface area (Å²) in [6.45, 7) is 0. The van der Waals surface area contributed by atoms with Crippen LogP contribution in [0.5, 0.6) is 0 Å². The molecule has 0 fully saturated rings. The van der Waals surface area contributed by atoms with Crippen LogP contribution >= 0.6 is 0 Å². The van der Waals surface area contributed by atoms with Gasteiger partial charge in [0.25, 0.3) is 5.69 Å². The van der Waals surface area contributed by atoms with Crippen LogP contribution in [-0.4, -0.2) is 27.7 Å². The van der Waals surface area contributed by atoms with Gasteiger partial charge in [-0.2, -0.15) is 0 Å². The number of H-pyrrole nitrogens is 2. The Morgan fingerprint density at radius 3 is 2.43 bits per heavy atom. The van der Waals surface area contributed by atoms with Crippen molar-refractivity contribution < 1.29 is 4.92 Å². The Morgan fingerprint density at radius 1 is 0.933 bits per heavy atom. The van der Waals surface area contributed by atoms with E-state index in [1.54, 1.807) is 12.1 Å². The third-order valence-corrected chi connectivity index (χ3v) is 5.08. The molecule has 0 spiro atoms. The summed E-state index contributed by atoms with van der Waals surface area (Å²) in [5.41, 5.74) is 5.93. The van der Waals surface area contributed by atoms with E-state index in [-0.39, 0.29) is 5.69 Å². The monoisotopic (exact) mass is 390 g/mol. The lowest BCUT2D eigenvalue weighted by Gasteiger charge is -2.03. The fourth-order valence-electron chi connectivity index (χ4n) is 3.60. The first-order valence-electron chi connectivity index (χ1n) is 9.37. The molecule has 5 aromatic rings. The number of benzene rings is 3. The first-order valence-corrected chi connectivity index (χ1v) is 9.37. The highest BCUT2D eigenvalue weighted by atomic mass is 16.6. The van der Waals surface area contributed by atoms with E-state index in [1.807, 2.05) is 54.7 Å². The van der Waals surface area contributed by atoms with Crippen molar-refractivity contribution in [2.45, 2.75) is 0 Å². The summed E-state index contributed by atoms with van der Waals surface area (Å²) in [4.78, 5) is 22.2. The Bertz CT molecular complexity index is 1370. The van der Waals surface area contributed by atoms with Crippen LogP contribution < -0.4 is 5.46 Å². The number of aromatic nitrogens is 3. The zero-order chi connectivity index (χ0) is 20.7. The van der Waals surface area contributed by atoms with Gasteiger partial charge in [-0.3, -0.25) is 10.1 Å². The molecule has 3 aromatic carbocycles. The van der Waals surface area contributed by atoms with Gasteiger partial charge in [0.15, 0.2) is 0 Å². The van der Waals surface area contributed by atoms with E-state index in [0.29, 0.717) is 11.3 Å². The lowest BCUT2D eigenvalue weighted by atomic mass is 9.94. The minimum absolute atomic E-state index is 0.0480. The van der Waals surface area contributed by atoms with Crippen molar-refractivity contribution in [3.8, 4) is 33.9 Å². The van der Waals surface area contributed by atoms with Crippen LogP contribution in [-0.2, 0) is 0 Å². The summed E-state index contributed by atoms with van der Waals surface area (Å²) in [6.07, 6.45) is 1.90. The molecule has 2 aromatic heterocycles.